The minimum absolute atomic E-state index is 0.391. The third-order valence-corrected chi connectivity index (χ3v) is 4.29. The van der Waals surface area contributed by atoms with E-state index in [0.717, 1.165) is 11.2 Å². The van der Waals surface area contributed by atoms with Crippen LogP contribution in [0.3, 0.4) is 0 Å². The van der Waals surface area contributed by atoms with Gasteiger partial charge in [0.05, 0.1) is 11.2 Å². The van der Waals surface area contributed by atoms with Crippen molar-refractivity contribution < 1.29 is 14.0 Å². The Morgan fingerprint density at radius 1 is 0.955 bits per heavy atom. The van der Waals surface area contributed by atoms with Crippen LogP contribution in [0, 0.1) is 0 Å². The summed E-state index contributed by atoms with van der Waals surface area (Å²) in [7, 11) is -0.489. The quantitative estimate of drug-likeness (QED) is 0.816. The lowest BCUT2D eigenvalue weighted by molar-refractivity contribution is 0.00578. The predicted octanol–water partition coefficient (Wildman–Crippen LogP) is 3.17. The first-order valence-corrected chi connectivity index (χ1v) is 7.41. The minimum Gasteiger partial charge on any atom is -0.458 e. The molecule has 1 aromatic carbocycles. The number of rotatable bonds is 3. The number of para-hydroxylation sites is 1. The molecule has 1 aliphatic heterocycles. The molecule has 4 nitrogen and oxygen atoms in total. The first-order chi connectivity index (χ1) is 10.4. The van der Waals surface area contributed by atoms with E-state index in [1.54, 1.807) is 12.4 Å². The zero-order valence-corrected chi connectivity index (χ0v) is 13.4. The molecule has 1 aliphatic rings. The van der Waals surface area contributed by atoms with Gasteiger partial charge in [0.1, 0.15) is 11.5 Å². The van der Waals surface area contributed by atoms with Crippen LogP contribution in [0.25, 0.3) is 0 Å². The Kier molecular flexibility index (Phi) is 3.71. The van der Waals surface area contributed by atoms with Gasteiger partial charge in [0.2, 0.25) is 0 Å². The smallest absolute Gasteiger partial charge is 0.458 e. The predicted molar refractivity (Wildman–Crippen MR) is 86.5 cm³/mol. The SMILES string of the molecule is CC1(C)OB(c2cnccc2Oc2ccccc2)OC1(C)C. The van der Waals surface area contributed by atoms with Crippen LogP contribution in [0.2, 0.25) is 0 Å². The van der Waals surface area contributed by atoms with E-state index in [1.165, 1.54) is 0 Å². The van der Waals surface area contributed by atoms with Crippen molar-refractivity contribution in [2.75, 3.05) is 0 Å². The molecule has 0 unspecified atom stereocenters. The minimum atomic E-state index is -0.489. The standard InChI is InChI=1S/C17H20BNO3/c1-16(2)17(3,4)22-18(21-16)14-12-19-11-10-15(14)20-13-8-6-5-7-9-13/h5-12H,1-4H3. The van der Waals surface area contributed by atoms with Crippen molar-refractivity contribution in [3.05, 3.63) is 48.8 Å². The molecule has 0 spiro atoms. The topological polar surface area (TPSA) is 40.6 Å². The monoisotopic (exact) mass is 297 g/mol. The van der Waals surface area contributed by atoms with E-state index >= 15 is 0 Å². The summed E-state index contributed by atoms with van der Waals surface area (Å²) in [5.74, 6) is 1.46. The molecule has 2 heterocycles. The molecule has 0 bridgehead atoms. The molecule has 1 saturated heterocycles. The molecule has 0 saturated carbocycles. The lowest BCUT2D eigenvalue weighted by Gasteiger charge is -2.32. The molecule has 0 amide bonds. The first kappa shape index (κ1) is 15.1. The summed E-state index contributed by atoms with van der Waals surface area (Å²) in [6.07, 6.45) is 3.44. The van der Waals surface area contributed by atoms with E-state index in [-0.39, 0.29) is 0 Å². The number of pyridine rings is 1. The Bertz CT molecular complexity index is 642. The lowest BCUT2D eigenvalue weighted by atomic mass is 9.79. The number of ether oxygens (including phenoxy) is 1. The summed E-state index contributed by atoms with van der Waals surface area (Å²) in [4.78, 5) is 4.19. The van der Waals surface area contributed by atoms with Crippen molar-refractivity contribution in [3.63, 3.8) is 0 Å². The Balaban J connectivity index is 1.90. The number of nitrogens with zero attached hydrogens (tertiary/aromatic N) is 1. The van der Waals surface area contributed by atoms with Gasteiger partial charge < -0.3 is 14.0 Å². The fraction of sp³-hybridized carbons (Fsp3) is 0.353. The third kappa shape index (κ3) is 2.74. The van der Waals surface area contributed by atoms with Crippen LogP contribution < -0.4 is 10.2 Å². The maximum atomic E-state index is 6.09. The van der Waals surface area contributed by atoms with E-state index < -0.39 is 18.3 Å². The largest absolute Gasteiger partial charge is 0.500 e. The third-order valence-electron chi connectivity index (χ3n) is 4.29. The number of hydrogen-bond acceptors (Lipinski definition) is 4. The summed E-state index contributed by atoms with van der Waals surface area (Å²) < 4.78 is 18.1. The average Bonchev–Trinajstić information content (AvgIpc) is 2.69. The molecular formula is C17H20BNO3. The second kappa shape index (κ2) is 5.41. The molecule has 0 radical (unpaired) electrons. The van der Waals surface area contributed by atoms with Gasteiger partial charge >= 0.3 is 7.12 Å². The number of benzene rings is 1. The van der Waals surface area contributed by atoms with Gasteiger partial charge in [-0.25, -0.2) is 0 Å². The van der Waals surface area contributed by atoms with Crippen LogP contribution in [-0.4, -0.2) is 23.3 Å². The zero-order chi connectivity index (χ0) is 15.8. The fourth-order valence-electron chi connectivity index (χ4n) is 2.25. The van der Waals surface area contributed by atoms with Crippen molar-refractivity contribution in [1.82, 2.24) is 4.98 Å². The second-order valence-electron chi connectivity index (χ2n) is 6.42. The van der Waals surface area contributed by atoms with Crippen molar-refractivity contribution in [1.29, 1.82) is 0 Å². The Morgan fingerprint density at radius 2 is 1.59 bits per heavy atom. The second-order valence-corrected chi connectivity index (χ2v) is 6.42. The summed E-state index contributed by atoms with van der Waals surface area (Å²) in [5, 5.41) is 0. The van der Waals surface area contributed by atoms with E-state index in [4.69, 9.17) is 14.0 Å². The molecule has 3 rings (SSSR count). The van der Waals surface area contributed by atoms with Gasteiger partial charge in [-0.3, -0.25) is 4.98 Å². The number of aromatic nitrogens is 1. The molecule has 5 heteroatoms. The highest BCUT2D eigenvalue weighted by atomic mass is 16.7. The molecule has 114 valence electrons. The molecule has 2 aromatic rings. The van der Waals surface area contributed by atoms with Crippen LogP contribution in [0.1, 0.15) is 27.7 Å². The van der Waals surface area contributed by atoms with Crippen molar-refractivity contribution in [2.45, 2.75) is 38.9 Å². The van der Waals surface area contributed by atoms with Gasteiger partial charge in [-0.2, -0.15) is 0 Å². The van der Waals surface area contributed by atoms with Crippen LogP contribution in [0.5, 0.6) is 11.5 Å². The van der Waals surface area contributed by atoms with Gasteiger partial charge in [-0.1, -0.05) is 18.2 Å². The Labute approximate surface area is 131 Å². The first-order valence-electron chi connectivity index (χ1n) is 7.41. The maximum Gasteiger partial charge on any atom is 0.500 e. The Hall–Kier alpha value is -1.85. The summed E-state index contributed by atoms with van der Waals surface area (Å²) >= 11 is 0. The molecule has 0 atom stereocenters. The summed E-state index contributed by atoms with van der Waals surface area (Å²) in [5.41, 5.74) is 0.0136. The van der Waals surface area contributed by atoms with Gasteiger partial charge in [0.25, 0.3) is 0 Å². The molecule has 1 aromatic heterocycles. The normalized spacial score (nSPS) is 19.2. The molecule has 0 N–H and O–H groups in total. The average molecular weight is 297 g/mol. The van der Waals surface area contributed by atoms with Crippen LogP contribution >= 0.6 is 0 Å². The maximum absolute atomic E-state index is 6.09. The highest BCUT2D eigenvalue weighted by Gasteiger charge is 2.52. The van der Waals surface area contributed by atoms with Gasteiger partial charge in [-0.15, -0.1) is 0 Å². The highest BCUT2D eigenvalue weighted by molar-refractivity contribution is 6.63. The number of hydrogen-bond donors (Lipinski definition) is 0. The van der Waals surface area contributed by atoms with Gasteiger partial charge in [0.15, 0.2) is 0 Å². The summed E-state index contributed by atoms with van der Waals surface area (Å²) in [6, 6.07) is 11.5. The van der Waals surface area contributed by atoms with Crippen LogP contribution in [0.4, 0.5) is 0 Å². The zero-order valence-electron chi connectivity index (χ0n) is 13.4. The molecular weight excluding hydrogens is 277 g/mol. The van der Waals surface area contributed by atoms with Crippen LogP contribution in [-0.2, 0) is 9.31 Å². The molecule has 0 aliphatic carbocycles. The van der Waals surface area contributed by atoms with Crippen LogP contribution in [0.15, 0.2) is 48.8 Å². The van der Waals surface area contributed by atoms with Crippen molar-refractivity contribution >= 4 is 12.6 Å². The highest BCUT2D eigenvalue weighted by Crippen LogP contribution is 2.37. The lowest BCUT2D eigenvalue weighted by Crippen LogP contribution is -2.41. The fourth-order valence-corrected chi connectivity index (χ4v) is 2.25. The molecule has 22 heavy (non-hydrogen) atoms. The van der Waals surface area contributed by atoms with E-state index in [2.05, 4.69) is 4.98 Å². The van der Waals surface area contributed by atoms with E-state index in [9.17, 15) is 0 Å². The van der Waals surface area contributed by atoms with Crippen molar-refractivity contribution in [2.24, 2.45) is 0 Å². The van der Waals surface area contributed by atoms with E-state index in [0.29, 0.717) is 5.75 Å². The van der Waals surface area contributed by atoms with Gasteiger partial charge in [-0.05, 0) is 45.9 Å². The van der Waals surface area contributed by atoms with Gasteiger partial charge in [0, 0.05) is 17.9 Å². The van der Waals surface area contributed by atoms with E-state index in [1.807, 2.05) is 64.1 Å². The Morgan fingerprint density at radius 3 is 2.23 bits per heavy atom. The molecule has 1 fully saturated rings. The summed E-state index contributed by atoms with van der Waals surface area (Å²) in [6.45, 7) is 8.12. The van der Waals surface area contributed by atoms with Crippen molar-refractivity contribution in [3.8, 4) is 11.5 Å².